The maximum absolute atomic E-state index is 9.12. The molecule has 0 aromatic rings. The van der Waals surface area contributed by atoms with Crippen molar-refractivity contribution in [3.8, 4) is 0 Å². The van der Waals surface area contributed by atoms with Crippen molar-refractivity contribution in [2.24, 2.45) is 5.41 Å². The first kappa shape index (κ1) is 10.9. The van der Waals surface area contributed by atoms with Gasteiger partial charge in [0.1, 0.15) is 0 Å². The van der Waals surface area contributed by atoms with E-state index in [2.05, 4.69) is 13.8 Å². The highest BCUT2D eigenvalue weighted by Crippen LogP contribution is 2.30. The Hall–Kier alpha value is -0.0800. The van der Waals surface area contributed by atoms with Crippen LogP contribution in [0.2, 0.25) is 0 Å². The minimum absolute atomic E-state index is 0.0722. The summed E-state index contributed by atoms with van der Waals surface area (Å²) in [5.41, 5.74) is 0.0722. The smallest absolute Gasteiger partial charge is 0.0487 e. The minimum atomic E-state index is 0.0722. The van der Waals surface area contributed by atoms with E-state index < -0.39 is 0 Å². The average Bonchev–Trinajstić information content (AvgIpc) is 2.08. The predicted octanol–water partition coefficient (Wildman–Crippen LogP) is 1.56. The van der Waals surface area contributed by atoms with E-state index in [1.807, 2.05) is 0 Å². The zero-order chi connectivity index (χ0) is 8.74. The zero-order valence-electron chi connectivity index (χ0n) is 7.64. The first-order chi connectivity index (χ1) is 5.24. The van der Waals surface area contributed by atoms with Crippen LogP contribution in [-0.4, -0.2) is 23.4 Å². The van der Waals surface area contributed by atoms with Crippen LogP contribution in [0.25, 0.3) is 0 Å². The summed E-state index contributed by atoms with van der Waals surface area (Å²) in [5.74, 6) is 0. The molecule has 0 radical (unpaired) electrons. The Balaban J connectivity index is 3.84. The fraction of sp³-hybridized carbons (Fsp3) is 1.00. The Morgan fingerprint density at radius 2 is 1.64 bits per heavy atom. The molecule has 0 unspecified atom stereocenters. The lowest BCUT2D eigenvalue weighted by atomic mass is 9.79. The number of aliphatic hydroxyl groups excluding tert-OH is 2. The van der Waals surface area contributed by atoms with E-state index in [-0.39, 0.29) is 18.6 Å². The summed E-state index contributed by atoms with van der Waals surface area (Å²) in [6, 6.07) is 0. The normalized spacial score (nSPS) is 12.0. The first-order valence-corrected chi connectivity index (χ1v) is 4.46. The largest absolute Gasteiger partial charge is 0.396 e. The second-order valence-corrected chi connectivity index (χ2v) is 3.19. The molecule has 0 amide bonds. The second kappa shape index (κ2) is 5.56. The summed E-state index contributed by atoms with van der Waals surface area (Å²) >= 11 is 0. The Kier molecular flexibility index (Phi) is 5.51. The van der Waals surface area contributed by atoms with Gasteiger partial charge in [0.15, 0.2) is 0 Å². The van der Waals surface area contributed by atoms with E-state index in [1.54, 1.807) is 0 Å². The standard InChI is InChI=1S/C9H20O2/c1-3-9(4-2,8-11)6-5-7-10/h10-11H,3-8H2,1-2H3. The van der Waals surface area contributed by atoms with E-state index in [1.165, 1.54) is 0 Å². The molecule has 0 saturated carbocycles. The van der Waals surface area contributed by atoms with Crippen molar-refractivity contribution in [3.63, 3.8) is 0 Å². The number of hydrogen-bond donors (Lipinski definition) is 2. The molecular weight excluding hydrogens is 140 g/mol. The zero-order valence-corrected chi connectivity index (χ0v) is 7.64. The monoisotopic (exact) mass is 160 g/mol. The highest BCUT2D eigenvalue weighted by atomic mass is 16.3. The molecule has 0 bridgehead atoms. The van der Waals surface area contributed by atoms with Gasteiger partial charge < -0.3 is 10.2 Å². The van der Waals surface area contributed by atoms with E-state index in [4.69, 9.17) is 10.2 Å². The van der Waals surface area contributed by atoms with Crippen LogP contribution in [0.1, 0.15) is 39.5 Å². The van der Waals surface area contributed by atoms with Gasteiger partial charge in [-0.3, -0.25) is 0 Å². The second-order valence-electron chi connectivity index (χ2n) is 3.19. The van der Waals surface area contributed by atoms with Crippen molar-refractivity contribution in [1.82, 2.24) is 0 Å². The van der Waals surface area contributed by atoms with Gasteiger partial charge in [-0.2, -0.15) is 0 Å². The molecule has 0 aliphatic rings. The first-order valence-electron chi connectivity index (χ1n) is 4.46. The van der Waals surface area contributed by atoms with Crippen LogP contribution < -0.4 is 0 Å². The van der Waals surface area contributed by atoms with Gasteiger partial charge >= 0.3 is 0 Å². The Bertz CT molecular complexity index is 79.3. The molecule has 0 fully saturated rings. The van der Waals surface area contributed by atoms with Gasteiger partial charge in [-0.1, -0.05) is 13.8 Å². The molecule has 0 atom stereocenters. The summed E-state index contributed by atoms with van der Waals surface area (Å²) < 4.78 is 0. The highest BCUT2D eigenvalue weighted by Gasteiger charge is 2.23. The fourth-order valence-electron chi connectivity index (χ4n) is 1.36. The van der Waals surface area contributed by atoms with E-state index in [0.29, 0.717) is 0 Å². The van der Waals surface area contributed by atoms with Crippen LogP contribution in [0.3, 0.4) is 0 Å². The fourth-order valence-corrected chi connectivity index (χ4v) is 1.36. The third-order valence-corrected chi connectivity index (χ3v) is 2.70. The molecule has 0 aliphatic heterocycles. The van der Waals surface area contributed by atoms with E-state index in [0.717, 1.165) is 25.7 Å². The van der Waals surface area contributed by atoms with Crippen LogP contribution in [0.4, 0.5) is 0 Å². The maximum atomic E-state index is 9.12. The van der Waals surface area contributed by atoms with Crippen molar-refractivity contribution in [1.29, 1.82) is 0 Å². The van der Waals surface area contributed by atoms with Crippen LogP contribution in [-0.2, 0) is 0 Å². The molecular formula is C9H20O2. The van der Waals surface area contributed by atoms with Gasteiger partial charge in [0.2, 0.25) is 0 Å². The molecule has 2 nitrogen and oxygen atoms in total. The van der Waals surface area contributed by atoms with Crippen LogP contribution in [0, 0.1) is 5.41 Å². The van der Waals surface area contributed by atoms with Crippen LogP contribution >= 0.6 is 0 Å². The molecule has 2 heteroatoms. The third-order valence-electron chi connectivity index (χ3n) is 2.70. The van der Waals surface area contributed by atoms with Gasteiger partial charge in [-0.05, 0) is 31.1 Å². The maximum Gasteiger partial charge on any atom is 0.0487 e. The summed E-state index contributed by atoms with van der Waals surface area (Å²) in [4.78, 5) is 0. The molecule has 0 aromatic heterocycles. The van der Waals surface area contributed by atoms with Crippen molar-refractivity contribution in [2.45, 2.75) is 39.5 Å². The van der Waals surface area contributed by atoms with Crippen molar-refractivity contribution in [2.75, 3.05) is 13.2 Å². The Labute approximate surface area is 69.2 Å². The van der Waals surface area contributed by atoms with E-state index in [9.17, 15) is 0 Å². The summed E-state index contributed by atoms with van der Waals surface area (Å²) in [5, 5.41) is 17.8. The molecule has 0 heterocycles. The number of rotatable bonds is 6. The lowest BCUT2D eigenvalue weighted by Crippen LogP contribution is -2.23. The molecule has 0 rings (SSSR count). The van der Waals surface area contributed by atoms with E-state index >= 15 is 0 Å². The topological polar surface area (TPSA) is 40.5 Å². The molecule has 11 heavy (non-hydrogen) atoms. The van der Waals surface area contributed by atoms with Gasteiger partial charge in [0.05, 0.1) is 0 Å². The van der Waals surface area contributed by atoms with Gasteiger partial charge in [0, 0.05) is 13.2 Å². The predicted molar refractivity (Wildman–Crippen MR) is 46.4 cm³/mol. The number of aliphatic hydroxyl groups is 2. The lowest BCUT2D eigenvalue weighted by molar-refractivity contribution is 0.0958. The Morgan fingerprint density at radius 1 is 1.09 bits per heavy atom. The van der Waals surface area contributed by atoms with Crippen LogP contribution in [0.15, 0.2) is 0 Å². The summed E-state index contributed by atoms with van der Waals surface area (Å²) in [6.45, 7) is 4.68. The molecule has 0 spiro atoms. The third kappa shape index (κ3) is 3.21. The highest BCUT2D eigenvalue weighted by molar-refractivity contribution is 4.74. The van der Waals surface area contributed by atoms with Crippen molar-refractivity contribution < 1.29 is 10.2 Å². The molecule has 68 valence electrons. The lowest BCUT2D eigenvalue weighted by Gasteiger charge is -2.28. The van der Waals surface area contributed by atoms with Crippen LogP contribution in [0.5, 0.6) is 0 Å². The Morgan fingerprint density at radius 3 is 1.91 bits per heavy atom. The number of hydrogen-bond acceptors (Lipinski definition) is 2. The SMILES string of the molecule is CCC(CC)(CO)CCCO. The molecule has 0 saturated heterocycles. The van der Waals surface area contributed by atoms with Crippen molar-refractivity contribution in [3.05, 3.63) is 0 Å². The quantitative estimate of drug-likeness (QED) is 0.619. The van der Waals surface area contributed by atoms with Gasteiger partial charge in [0.25, 0.3) is 0 Å². The average molecular weight is 160 g/mol. The summed E-state index contributed by atoms with van der Waals surface area (Å²) in [6.07, 6.45) is 3.75. The molecule has 0 aliphatic carbocycles. The van der Waals surface area contributed by atoms with Gasteiger partial charge in [-0.25, -0.2) is 0 Å². The van der Waals surface area contributed by atoms with Crippen molar-refractivity contribution >= 4 is 0 Å². The molecule has 0 aromatic carbocycles. The molecule has 2 N–H and O–H groups in total. The van der Waals surface area contributed by atoms with Gasteiger partial charge in [-0.15, -0.1) is 0 Å². The summed E-state index contributed by atoms with van der Waals surface area (Å²) in [7, 11) is 0. The minimum Gasteiger partial charge on any atom is -0.396 e.